The fourth-order valence-corrected chi connectivity index (χ4v) is 1.31. The zero-order valence-corrected chi connectivity index (χ0v) is 9.79. The first-order chi connectivity index (χ1) is 7.24. The monoisotopic (exact) mass is 211 g/mol. The van der Waals surface area contributed by atoms with E-state index in [0.717, 1.165) is 18.8 Å². The molecule has 86 valence electrons. The van der Waals surface area contributed by atoms with Gasteiger partial charge in [0.05, 0.1) is 18.8 Å². The van der Waals surface area contributed by atoms with Crippen molar-refractivity contribution in [2.45, 2.75) is 39.3 Å². The molecule has 1 atom stereocenters. The lowest BCUT2D eigenvalue weighted by Crippen LogP contribution is -2.28. The van der Waals surface area contributed by atoms with Gasteiger partial charge in [-0.2, -0.15) is 0 Å². The summed E-state index contributed by atoms with van der Waals surface area (Å²) in [5.74, 6) is 0.948. The number of hydrogen-bond acceptors (Lipinski definition) is 3. The van der Waals surface area contributed by atoms with Crippen molar-refractivity contribution in [1.29, 1.82) is 0 Å². The molecule has 0 radical (unpaired) electrons. The van der Waals surface area contributed by atoms with Crippen molar-refractivity contribution in [3.8, 4) is 0 Å². The Hall–Kier alpha value is -0.870. The van der Waals surface area contributed by atoms with Crippen LogP contribution in [0.1, 0.15) is 39.1 Å². The minimum atomic E-state index is 0.169. The van der Waals surface area contributed by atoms with E-state index >= 15 is 0 Å². The number of ether oxygens (including phenoxy) is 1. The van der Waals surface area contributed by atoms with Crippen LogP contribution in [-0.2, 0) is 4.74 Å². The number of H-pyrrole nitrogens is 1. The maximum atomic E-state index is 5.60. The van der Waals surface area contributed by atoms with Gasteiger partial charge in [-0.1, -0.05) is 6.92 Å². The summed E-state index contributed by atoms with van der Waals surface area (Å²) in [6.07, 6.45) is 4.97. The van der Waals surface area contributed by atoms with Crippen LogP contribution in [0.3, 0.4) is 0 Å². The van der Waals surface area contributed by atoms with Gasteiger partial charge in [-0.05, 0) is 26.8 Å². The molecule has 1 aromatic rings. The van der Waals surface area contributed by atoms with Gasteiger partial charge >= 0.3 is 0 Å². The van der Waals surface area contributed by atoms with E-state index in [2.05, 4.69) is 22.2 Å². The molecule has 1 heterocycles. The molecule has 0 spiro atoms. The van der Waals surface area contributed by atoms with E-state index in [-0.39, 0.29) is 12.1 Å². The summed E-state index contributed by atoms with van der Waals surface area (Å²) in [4.78, 5) is 7.37. The Balaban J connectivity index is 2.46. The van der Waals surface area contributed by atoms with Gasteiger partial charge in [-0.15, -0.1) is 0 Å². The fourth-order valence-electron chi connectivity index (χ4n) is 1.31. The number of aromatic nitrogens is 2. The Morgan fingerprint density at radius 3 is 2.87 bits per heavy atom. The van der Waals surface area contributed by atoms with Gasteiger partial charge in [0.1, 0.15) is 5.82 Å². The Kier molecular flexibility index (Phi) is 5.36. The molecule has 0 aliphatic rings. The predicted octanol–water partition coefficient (Wildman–Crippen LogP) is 1.88. The van der Waals surface area contributed by atoms with Crippen LogP contribution in [0.25, 0.3) is 0 Å². The van der Waals surface area contributed by atoms with Crippen molar-refractivity contribution >= 4 is 0 Å². The lowest BCUT2D eigenvalue weighted by atomic mass is 10.3. The second kappa shape index (κ2) is 6.58. The second-order valence-electron chi connectivity index (χ2n) is 3.86. The minimum absolute atomic E-state index is 0.169. The Morgan fingerprint density at radius 2 is 2.33 bits per heavy atom. The van der Waals surface area contributed by atoms with Gasteiger partial charge in [0.2, 0.25) is 0 Å². The maximum absolute atomic E-state index is 5.60. The Morgan fingerprint density at radius 1 is 1.53 bits per heavy atom. The minimum Gasteiger partial charge on any atom is -0.377 e. The molecule has 2 N–H and O–H groups in total. The maximum Gasteiger partial charge on any atom is 0.125 e. The lowest BCUT2D eigenvalue weighted by Gasteiger charge is -2.17. The van der Waals surface area contributed by atoms with Crippen LogP contribution >= 0.6 is 0 Å². The van der Waals surface area contributed by atoms with Crippen LogP contribution in [0.5, 0.6) is 0 Å². The molecule has 0 aliphatic heterocycles. The van der Waals surface area contributed by atoms with Crippen molar-refractivity contribution in [3.05, 3.63) is 18.2 Å². The van der Waals surface area contributed by atoms with Crippen LogP contribution in [0.4, 0.5) is 0 Å². The molecule has 1 rings (SSSR count). The molecular weight excluding hydrogens is 190 g/mol. The van der Waals surface area contributed by atoms with E-state index in [9.17, 15) is 0 Å². The molecule has 15 heavy (non-hydrogen) atoms. The molecule has 0 saturated heterocycles. The molecule has 1 unspecified atom stereocenters. The van der Waals surface area contributed by atoms with E-state index in [4.69, 9.17) is 4.74 Å². The highest BCUT2D eigenvalue weighted by molar-refractivity contribution is 4.95. The van der Waals surface area contributed by atoms with Gasteiger partial charge in [-0.25, -0.2) is 4.98 Å². The normalized spacial score (nSPS) is 13.3. The van der Waals surface area contributed by atoms with E-state index in [1.807, 2.05) is 20.0 Å². The van der Waals surface area contributed by atoms with Crippen LogP contribution in [0.15, 0.2) is 12.4 Å². The summed E-state index contributed by atoms with van der Waals surface area (Å²) < 4.78 is 5.60. The summed E-state index contributed by atoms with van der Waals surface area (Å²) in [6.45, 7) is 7.87. The van der Waals surface area contributed by atoms with Gasteiger partial charge in [0, 0.05) is 12.4 Å². The Bertz CT molecular complexity index is 246. The number of hydrogen-bond donors (Lipinski definition) is 2. The summed E-state index contributed by atoms with van der Waals surface area (Å²) in [6, 6.07) is 0.169. The third-order valence-electron chi connectivity index (χ3n) is 2.09. The van der Waals surface area contributed by atoms with Crippen molar-refractivity contribution < 1.29 is 4.74 Å². The second-order valence-corrected chi connectivity index (χ2v) is 3.86. The van der Waals surface area contributed by atoms with E-state index in [0.29, 0.717) is 6.61 Å². The summed E-state index contributed by atoms with van der Waals surface area (Å²) in [5, 5.41) is 3.41. The number of rotatable bonds is 7. The fraction of sp³-hybridized carbons (Fsp3) is 0.727. The molecule has 0 amide bonds. The molecule has 0 saturated carbocycles. The van der Waals surface area contributed by atoms with Crippen LogP contribution in [-0.4, -0.2) is 29.2 Å². The first kappa shape index (κ1) is 12.2. The van der Waals surface area contributed by atoms with Gasteiger partial charge < -0.3 is 15.0 Å². The molecule has 0 fully saturated rings. The van der Waals surface area contributed by atoms with Gasteiger partial charge in [0.25, 0.3) is 0 Å². The summed E-state index contributed by atoms with van der Waals surface area (Å²) in [7, 11) is 0. The predicted molar refractivity (Wildman–Crippen MR) is 60.7 cm³/mol. The molecular formula is C11H21N3O. The van der Waals surface area contributed by atoms with Gasteiger partial charge in [0.15, 0.2) is 0 Å². The van der Waals surface area contributed by atoms with E-state index in [1.165, 1.54) is 0 Å². The highest BCUT2D eigenvalue weighted by Crippen LogP contribution is 2.08. The highest BCUT2D eigenvalue weighted by Gasteiger charge is 2.13. The van der Waals surface area contributed by atoms with Crippen molar-refractivity contribution in [2.24, 2.45) is 0 Å². The van der Waals surface area contributed by atoms with Gasteiger partial charge in [-0.3, -0.25) is 0 Å². The number of aromatic amines is 1. The number of nitrogens with one attached hydrogen (secondary N) is 2. The lowest BCUT2D eigenvalue weighted by molar-refractivity contribution is 0.0596. The average Bonchev–Trinajstić information content (AvgIpc) is 2.71. The van der Waals surface area contributed by atoms with Crippen molar-refractivity contribution in [2.75, 3.05) is 13.2 Å². The zero-order chi connectivity index (χ0) is 11.1. The number of nitrogens with zero attached hydrogens (tertiary/aromatic N) is 1. The molecule has 1 aromatic heterocycles. The average molecular weight is 211 g/mol. The third-order valence-corrected chi connectivity index (χ3v) is 2.09. The SMILES string of the molecule is CCCNC(COC(C)C)c1ncc[nH]1. The molecule has 4 heteroatoms. The first-order valence-electron chi connectivity index (χ1n) is 5.58. The molecule has 0 aromatic carbocycles. The summed E-state index contributed by atoms with van der Waals surface area (Å²) >= 11 is 0. The smallest absolute Gasteiger partial charge is 0.125 e. The summed E-state index contributed by atoms with van der Waals surface area (Å²) in [5.41, 5.74) is 0. The number of imidazole rings is 1. The van der Waals surface area contributed by atoms with Crippen molar-refractivity contribution in [1.82, 2.24) is 15.3 Å². The molecule has 4 nitrogen and oxygen atoms in total. The topological polar surface area (TPSA) is 49.9 Å². The quantitative estimate of drug-likeness (QED) is 0.724. The van der Waals surface area contributed by atoms with Crippen LogP contribution in [0, 0.1) is 0 Å². The van der Waals surface area contributed by atoms with Crippen LogP contribution in [0.2, 0.25) is 0 Å². The third kappa shape index (κ3) is 4.44. The largest absolute Gasteiger partial charge is 0.377 e. The molecule has 0 bridgehead atoms. The van der Waals surface area contributed by atoms with Crippen molar-refractivity contribution in [3.63, 3.8) is 0 Å². The van der Waals surface area contributed by atoms with E-state index < -0.39 is 0 Å². The van der Waals surface area contributed by atoms with Crippen LogP contribution < -0.4 is 5.32 Å². The molecule has 0 aliphatic carbocycles. The van der Waals surface area contributed by atoms with E-state index in [1.54, 1.807) is 6.20 Å². The highest BCUT2D eigenvalue weighted by atomic mass is 16.5. The standard InChI is InChI=1S/C11H21N3O/c1-4-5-12-10(8-15-9(2)3)11-13-6-7-14-11/h6-7,9-10,12H,4-5,8H2,1-3H3,(H,13,14). The first-order valence-corrected chi connectivity index (χ1v) is 5.58. The zero-order valence-electron chi connectivity index (χ0n) is 9.79. The Labute approximate surface area is 91.4 Å².